The Kier molecular flexibility index (Phi) is 5.08. The Morgan fingerprint density at radius 3 is 2.58 bits per heavy atom. The number of ether oxygens (including phenoxy) is 1. The van der Waals surface area contributed by atoms with Crippen LogP contribution in [0, 0.1) is 0 Å². The molecule has 3 nitrogen and oxygen atoms in total. The number of para-hydroxylation sites is 2. The summed E-state index contributed by atoms with van der Waals surface area (Å²) in [6.07, 6.45) is 2.64. The molecule has 1 fully saturated rings. The molecule has 0 saturated carbocycles. The van der Waals surface area contributed by atoms with Gasteiger partial charge in [-0.05, 0) is 45.4 Å². The first kappa shape index (κ1) is 14.2. The summed E-state index contributed by atoms with van der Waals surface area (Å²) in [6, 6.07) is 8.83. The molecular formula is C16H26N2O. The highest BCUT2D eigenvalue weighted by Gasteiger charge is 2.18. The average molecular weight is 262 g/mol. The van der Waals surface area contributed by atoms with Gasteiger partial charge >= 0.3 is 0 Å². The predicted molar refractivity (Wildman–Crippen MR) is 81.0 cm³/mol. The molecule has 1 N–H and O–H groups in total. The standard InChI is InChI=1S/C16H26N2O/c1-4-18-11-9-14(10-12-18)17-15-7-5-6-8-16(15)19-13(2)3/h5-8,13-14,17H,4,9-12H2,1-3H3. The number of rotatable bonds is 5. The van der Waals surface area contributed by atoms with Crippen LogP contribution in [-0.2, 0) is 0 Å². The zero-order chi connectivity index (χ0) is 13.7. The van der Waals surface area contributed by atoms with Gasteiger partial charge in [0.05, 0.1) is 11.8 Å². The lowest BCUT2D eigenvalue weighted by Gasteiger charge is -2.32. The minimum atomic E-state index is 0.213. The van der Waals surface area contributed by atoms with Crippen molar-refractivity contribution >= 4 is 5.69 Å². The zero-order valence-electron chi connectivity index (χ0n) is 12.4. The Labute approximate surface area is 116 Å². The van der Waals surface area contributed by atoms with E-state index in [1.54, 1.807) is 0 Å². The molecule has 1 saturated heterocycles. The fraction of sp³-hybridized carbons (Fsp3) is 0.625. The molecule has 1 aromatic rings. The number of anilines is 1. The van der Waals surface area contributed by atoms with Gasteiger partial charge in [-0.25, -0.2) is 0 Å². The van der Waals surface area contributed by atoms with Crippen LogP contribution in [0.5, 0.6) is 5.75 Å². The third kappa shape index (κ3) is 4.13. The van der Waals surface area contributed by atoms with Crippen LogP contribution in [0.15, 0.2) is 24.3 Å². The van der Waals surface area contributed by atoms with Crippen molar-refractivity contribution in [3.8, 4) is 5.75 Å². The van der Waals surface area contributed by atoms with Crippen molar-refractivity contribution in [3.63, 3.8) is 0 Å². The molecule has 0 atom stereocenters. The molecule has 1 aromatic carbocycles. The van der Waals surface area contributed by atoms with Crippen molar-refractivity contribution < 1.29 is 4.74 Å². The molecule has 0 aliphatic carbocycles. The first-order chi connectivity index (χ1) is 9.19. The largest absolute Gasteiger partial charge is 0.489 e. The Balaban J connectivity index is 1.95. The van der Waals surface area contributed by atoms with Crippen LogP contribution in [0.25, 0.3) is 0 Å². The maximum absolute atomic E-state index is 5.86. The summed E-state index contributed by atoms with van der Waals surface area (Å²) >= 11 is 0. The Morgan fingerprint density at radius 2 is 1.95 bits per heavy atom. The van der Waals surface area contributed by atoms with Gasteiger partial charge in [0.15, 0.2) is 0 Å². The summed E-state index contributed by atoms with van der Waals surface area (Å²) in [4.78, 5) is 2.51. The van der Waals surface area contributed by atoms with Crippen molar-refractivity contribution in [3.05, 3.63) is 24.3 Å². The predicted octanol–water partition coefficient (Wildman–Crippen LogP) is 3.37. The lowest BCUT2D eigenvalue weighted by molar-refractivity contribution is 0.227. The second-order valence-corrected chi connectivity index (χ2v) is 5.52. The normalized spacial score (nSPS) is 17.7. The molecule has 0 spiro atoms. The minimum Gasteiger partial charge on any atom is -0.489 e. The third-order valence-corrected chi connectivity index (χ3v) is 3.64. The topological polar surface area (TPSA) is 24.5 Å². The molecule has 2 rings (SSSR count). The highest BCUT2D eigenvalue weighted by atomic mass is 16.5. The van der Waals surface area contributed by atoms with Crippen LogP contribution in [0.2, 0.25) is 0 Å². The smallest absolute Gasteiger partial charge is 0.142 e. The van der Waals surface area contributed by atoms with Crippen molar-refractivity contribution in [1.29, 1.82) is 0 Å². The van der Waals surface area contributed by atoms with Crippen LogP contribution in [0.3, 0.4) is 0 Å². The second-order valence-electron chi connectivity index (χ2n) is 5.52. The summed E-state index contributed by atoms with van der Waals surface area (Å²) in [5, 5.41) is 3.65. The number of benzene rings is 1. The molecule has 0 amide bonds. The van der Waals surface area contributed by atoms with E-state index in [1.807, 2.05) is 12.1 Å². The number of nitrogens with zero attached hydrogens (tertiary/aromatic N) is 1. The summed E-state index contributed by atoms with van der Waals surface area (Å²) < 4.78 is 5.86. The van der Waals surface area contributed by atoms with Crippen LogP contribution >= 0.6 is 0 Å². The van der Waals surface area contributed by atoms with Gasteiger partial charge in [0.25, 0.3) is 0 Å². The van der Waals surface area contributed by atoms with Gasteiger partial charge in [-0.2, -0.15) is 0 Å². The van der Waals surface area contributed by atoms with Gasteiger partial charge in [0.1, 0.15) is 5.75 Å². The maximum Gasteiger partial charge on any atom is 0.142 e. The molecule has 0 bridgehead atoms. The van der Waals surface area contributed by atoms with Crippen molar-refractivity contribution in [2.24, 2.45) is 0 Å². The third-order valence-electron chi connectivity index (χ3n) is 3.64. The summed E-state index contributed by atoms with van der Waals surface area (Å²) in [5.74, 6) is 0.968. The van der Waals surface area contributed by atoms with Crippen molar-refractivity contribution in [1.82, 2.24) is 4.90 Å². The van der Waals surface area contributed by atoms with Gasteiger partial charge in [-0.1, -0.05) is 19.1 Å². The van der Waals surface area contributed by atoms with E-state index < -0.39 is 0 Å². The van der Waals surface area contributed by atoms with Crippen molar-refractivity contribution in [2.75, 3.05) is 25.0 Å². The minimum absolute atomic E-state index is 0.213. The Bertz CT molecular complexity index is 384. The molecule has 1 aliphatic heterocycles. The van der Waals surface area contributed by atoms with Crippen LogP contribution in [0.4, 0.5) is 5.69 Å². The first-order valence-corrected chi connectivity index (χ1v) is 7.43. The Hall–Kier alpha value is -1.22. The van der Waals surface area contributed by atoms with Gasteiger partial charge < -0.3 is 15.0 Å². The second kappa shape index (κ2) is 6.80. The number of piperidine rings is 1. The number of hydrogen-bond donors (Lipinski definition) is 1. The molecule has 0 unspecified atom stereocenters. The quantitative estimate of drug-likeness (QED) is 0.880. The fourth-order valence-corrected chi connectivity index (χ4v) is 2.56. The molecule has 3 heteroatoms. The van der Waals surface area contributed by atoms with Crippen LogP contribution < -0.4 is 10.1 Å². The molecular weight excluding hydrogens is 236 g/mol. The SMILES string of the molecule is CCN1CCC(Nc2ccccc2OC(C)C)CC1. The van der Waals surface area contributed by atoms with Gasteiger partial charge in [0.2, 0.25) is 0 Å². The molecule has 106 valence electrons. The number of hydrogen-bond acceptors (Lipinski definition) is 3. The molecule has 0 aromatic heterocycles. The summed E-state index contributed by atoms with van der Waals surface area (Å²) in [7, 11) is 0. The van der Waals surface area contributed by atoms with E-state index in [0.29, 0.717) is 6.04 Å². The van der Waals surface area contributed by atoms with E-state index >= 15 is 0 Å². The summed E-state index contributed by atoms with van der Waals surface area (Å²) in [6.45, 7) is 9.93. The summed E-state index contributed by atoms with van der Waals surface area (Å²) in [5.41, 5.74) is 1.13. The van der Waals surface area contributed by atoms with Gasteiger partial charge in [0, 0.05) is 19.1 Å². The van der Waals surface area contributed by atoms with E-state index in [4.69, 9.17) is 4.74 Å². The van der Waals surface area contributed by atoms with E-state index in [1.165, 1.54) is 32.5 Å². The fourth-order valence-electron chi connectivity index (χ4n) is 2.56. The van der Waals surface area contributed by atoms with Crippen molar-refractivity contribution in [2.45, 2.75) is 45.8 Å². The highest BCUT2D eigenvalue weighted by Crippen LogP contribution is 2.27. The van der Waals surface area contributed by atoms with Crippen LogP contribution in [0.1, 0.15) is 33.6 Å². The molecule has 0 radical (unpaired) electrons. The average Bonchev–Trinajstić information content (AvgIpc) is 2.41. The van der Waals surface area contributed by atoms with E-state index in [2.05, 4.69) is 43.1 Å². The lowest BCUT2D eigenvalue weighted by atomic mass is 10.0. The zero-order valence-corrected chi connectivity index (χ0v) is 12.4. The first-order valence-electron chi connectivity index (χ1n) is 7.43. The maximum atomic E-state index is 5.86. The molecule has 1 aliphatic rings. The monoisotopic (exact) mass is 262 g/mol. The van der Waals surface area contributed by atoms with E-state index in [-0.39, 0.29) is 6.10 Å². The van der Waals surface area contributed by atoms with Crippen LogP contribution in [-0.4, -0.2) is 36.7 Å². The van der Waals surface area contributed by atoms with E-state index in [0.717, 1.165) is 11.4 Å². The van der Waals surface area contributed by atoms with Gasteiger partial charge in [-0.15, -0.1) is 0 Å². The lowest BCUT2D eigenvalue weighted by Crippen LogP contribution is -2.38. The molecule has 1 heterocycles. The number of nitrogens with one attached hydrogen (secondary N) is 1. The number of likely N-dealkylation sites (tertiary alicyclic amines) is 1. The van der Waals surface area contributed by atoms with Gasteiger partial charge in [-0.3, -0.25) is 0 Å². The molecule has 19 heavy (non-hydrogen) atoms. The highest BCUT2D eigenvalue weighted by molar-refractivity contribution is 5.56. The van der Waals surface area contributed by atoms with E-state index in [9.17, 15) is 0 Å². The Morgan fingerprint density at radius 1 is 1.26 bits per heavy atom.